The lowest BCUT2D eigenvalue weighted by molar-refractivity contribution is -0.379. The molecule has 0 aliphatic carbocycles. The van der Waals surface area contributed by atoms with Gasteiger partial charge in [-0.15, -0.1) is 0 Å². The highest BCUT2D eigenvalue weighted by atomic mass is 16.8. The summed E-state index contributed by atoms with van der Waals surface area (Å²) in [5.74, 6) is -0.299. The highest BCUT2D eigenvalue weighted by molar-refractivity contribution is 5.76. The molecule has 12 N–H and O–H groups in total. The van der Waals surface area contributed by atoms with Crippen LogP contribution in [-0.4, -0.2) is 193 Å². The normalized spacial score (nSPS) is 27.0. The Balaban J connectivity index is 1.36. The molecule has 0 aromatic carbocycles. The molecule has 3 aliphatic heterocycles. The number of aliphatic hydroxyl groups is 11. The molecule has 17 unspecified atom stereocenters. The van der Waals surface area contributed by atoms with E-state index in [1.165, 1.54) is 89.9 Å². The summed E-state index contributed by atoms with van der Waals surface area (Å²) in [7, 11) is 0. The quantitative estimate of drug-likeness (QED) is 0.0199. The van der Waals surface area contributed by atoms with Gasteiger partial charge in [-0.05, 0) is 116 Å². The van der Waals surface area contributed by atoms with E-state index in [0.717, 1.165) is 116 Å². The predicted molar refractivity (Wildman–Crippen MR) is 406 cm³/mol. The molecule has 0 bridgehead atoms. The summed E-state index contributed by atoms with van der Waals surface area (Å²) < 4.78 is 34.4. The molecule has 3 aliphatic rings. The van der Waals surface area contributed by atoms with Crippen LogP contribution in [0.15, 0.2) is 146 Å². The van der Waals surface area contributed by atoms with Gasteiger partial charge in [0.1, 0.15) is 73.2 Å². The Hall–Kier alpha value is -4.33. The van der Waals surface area contributed by atoms with Gasteiger partial charge in [-0.2, -0.15) is 0 Å². The van der Waals surface area contributed by atoms with Crippen molar-refractivity contribution in [1.29, 1.82) is 0 Å². The molecule has 3 fully saturated rings. The number of hydrogen-bond donors (Lipinski definition) is 12. The van der Waals surface area contributed by atoms with Crippen molar-refractivity contribution in [3.05, 3.63) is 146 Å². The van der Waals surface area contributed by atoms with Crippen molar-refractivity contribution < 1.29 is 89.4 Å². The Labute approximate surface area is 613 Å². The van der Waals surface area contributed by atoms with Gasteiger partial charge in [0.25, 0.3) is 0 Å². The van der Waals surface area contributed by atoms with Crippen molar-refractivity contribution in [1.82, 2.24) is 5.32 Å². The first-order chi connectivity index (χ1) is 49.8. The van der Waals surface area contributed by atoms with E-state index in [-0.39, 0.29) is 18.9 Å². The monoisotopic (exact) mass is 1440 g/mol. The molecule has 3 saturated heterocycles. The molecule has 1 amide bonds. The van der Waals surface area contributed by atoms with E-state index in [0.29, 0.717) is 12.8 Å². The van der Waals surface area contributed by atoms with Gasteiger partial charge >= 0.3 is 0 Å². The van der Waals surface area contributed by atoms with Gasteiger partial charge < -0.3 is 89.9 Å². The van der Waals surface area contributed by atoms with Gasteiger partial charge in [-0.25, -0.2) is 0 Å². The summed E-state index contributed by atoms with van der Waals surface area (Å²) in [6.07, 6.45) is 62.6. The number of hydrogen-bond acceptors (Lipinski definition) is 18. The van der Waals surface area contributed by atoms with Crippen LogP contribution in [-0.2, 0) is 33.2 Å². The van der Waals surface area contributed by atoms with E-state index in [1.54, 1.807) is 6.08 Å². The van der Waals surface area contributed by atoms with Crippen LogP contribution in [0.3, 0.4) is 0 Å². The van der Waals surface area contributed by atoms with Gasteiger partial charge in [-0.3, -0.25) is 4.79 Å². The van der Waals surface area contributed by atoms with E-state index in [4.69, 9.17) is 28.4 Å². The molecule has 19 heteroatoms. The molecule has 3 rings (SSSR count). The van der Waals surface area contributed by atoms with E-state index < -0.39 is 124 Å². The Bertz CT molecular complexity index is 2410. The number of nitrogens with one attached hydrogen (secondary N) is 1. The first-order valence-corrected chi connectivity index (χ1v) is 39.1. The molecule has 0 aromatic rings. The number of ether oxygens (including phenoxy) is 6. The molecule has 582 valence electrons. The van der Waals surface area contributed by atoms with Crippen molar-refractivity contribution in [2.24, 2.45) is 0 Å². The fraction of sp³-hybridized carbons (Fsp3) is 0.699. The maximum Gasteiger partial charge on any atom is 0.220 e. The van der Waals surface area contributed by atoms with Crippen LogP contribution >= 0.6 is 0 Å². The molecule has 102 heavy (non-hydrogen) atoms. The summed E-state index contributed by atoms with van der Waals surface area (Å²) in [5.41, 5.74) is 0. The molecular weight excluding hydrogens is 1300 g/mol. The molecular formula is C83H137NO18. The Morgan fingerprint density at radius 1 is 0.363 bits per heavy atom. The summed E-state index contributed by atoms with van der Waals surface area (Å²) in [6.45, 7) is 1.57. The number of rotatable bonds is 59. The summed E-state index contributed by atoms with van der Waals surface area (Å²) in [4.78, 5) is 13.4. The zero-order valence-corrected chi connectivity index (χ0v) is 62.0. The second kappa shape index (κ2) is 61.8. The van der Waals surface area contributed by atoms with Crippen molar-refractivity contribution in [3.63, 3.8) is 0 Å². The predicted octanol–water partition coefficient (Wildman–Crippen LogP) is 12.7. The van der Waals surface area contributed by atoms with Crippen LogP contribution in [0.2, 0.25) is 0 Å². The van der Waals surface area contributed by atoms with Crippen molar-refractivity contribution in [2.75, 3.05) is 26.4 Å². The molecule has 19 nitrogen and oxygen atoms in total. The third-order valence-electron chi connectivity index (χ3n) is 18.3. The van der Waals surface area contributed by atoms with Crippen LogP contribution < -0.4 is 5.32 Å². The SMILES string of the molecule is CC/C=C\C/C=C\C/C=C\C/C=C\C/C=C\C/C=C\C/C=C\C/C=C\C/C=C\CCCCCCCCCCCCCC(=O)NC(COC1OC(CO)C(OC2OC(CO)C(OC3OC(CO)C(O)C(O)C3O)C(O)C2O)C(O)C1O)C(O)/C=C/CC/C=C/CC/C=C/CCCCCCCCCC. The lowest BCUT2D eigenvalue weighted by Gasteiger charge is -2.48. The Kier molecular flexibility index (Phi) is 55.7. The van der Waals surface area contributed by atoms with Gasteiger partial charge in [0.2, 0.25) is 5.91 Å². The first-order valence-electron chi connectivity index (χ1n) is 39.1. The van der Waals surface area contributed by atoms with Crippen LogP contribution in [0, 0.1) is 0 Å². The zero-order chi connectivity index (χ0) is 73.9. The zero-order valence-electron chi connectivity index (χ0n) is 62.0. The average molecular weight is 1440 g/mol. The number of carbonyl (C=O) groups excluding carboxylic acids is 1. The number of amides is 1. The summed E-state index contributed by atoms with van der Waals surface area (Å²) in [6, 6.07) is -1.01. The standard InChI is InChI=1S/C83H137NO18/c1-3-5-7-9-11-13-15-17-19-21-23-24-25-26-27-28-29-30-31-32-33-34-35-36-37-38-39-40-41-42-43-45-47-49-51-53-55-57-59-61-71(89)84-66(67(88)60-58-56-54-52-50-48-46-44-22-20-18-16-14-12-10-8-6-4-2)65-97-81-77(95)74(92)79(69(63-86)99-81)102-83-78(96)75(93)80(70(64-87)100-83)101-82-76(94)73(91)72(90)68(62-85)98-82/h5,7,11,13,17,19,22-24,26-27,29-30,32-33,35-36,38-39,44,50,52,58,60,66-70,72-83,85-88,90-96H,3-4,6,8-10,12,14-16,18,20-21,25,28,31,34,37,40-43,45-49,51,53-57,59,61-65H2,1-2H3,(H,84,89)/b7-5-,13-11-,19-17-,24-23-,27-26-,30-29-,33-32-,36-35-,39-38-,44-22+,52-50+,60-58+. The van der Waals surface area contributed by atoms with Crippen LogP contribution in [0.4, 0.5) is 0 Å². The van der Waals surface area contributed by atoms with Crippen molar-refractivity contribution in [3.8, 4) is 0 Å². The smallest absolute Gasteiger partial charge is 0.220 e. The van der Waals surface area contributed by atoms with E-state index in [2.05, 4.69) is 153 Å². The fourth-order valence-corrected chi connectivity index (χ4v) is 12.1. The minimum absolute atomic E-state index is 0.219. The lowest BCUT2D eigenvalue weighted by Crippen LogP contribution is -2.66. The van der Waals surface area contributed by atoms with Gasteiger partial charge in [-0.1, -0.05) is 262 Å². The Morgan fingerprint density at radius 3 is 1.10 bits per heavy atom. The molecule has 17 atom stereocenters. The maximum atomic E-state index is 13.4. The van der Waals surface area contributed by atoms with Crippen LogP contribution in [0.5, 0.6) is 0 Å². The summed E-state index contributed by atoms with van der Waals surface area (Å²) >= 11 is 0. The number of carbonyl (C=O) groups is 1. The minimum atomic E-state index is -1.99. The molecule has 0 aromatic heterocycles. The third-order valence-corrected chi connectivity index (χ3v) is 18.3. The maximum absolute atomic E-state index is 13.4. The molecule has 0 spiro atoms. The summed E-state index contributed by atoms with van der Waals surface area (Å²) in [5, 5.41) is 121. The van der Waals surface area contributed by atoms with E-state index in [9.17, 15) is 61.0 Å². The van der Waals surface area contributed by atoms with Crippen molar-refractivity contribution in [2.45, 2.75) is 343 Å². The topological polar surface area (TPSA) is 307 Å². The number of allylic oxidation sites excluding steroid dienone is 23. The number of unbranched alkanes of at least 4 members (excludes halogenated alkanes) is 21. The largest absolute Gasteiger partial charge is 0.394 e. The minimum Gasteiger partial charge on any atom is -0.394 e. The first kappa shape index (κ1) is 91.9. The number of aliphatic hydroxyl groups excluding tert-OH is 11. The fourth-order valence-electron chi connectivity index (χ4n) is 12.1. The van der Waals surface area contributed by atoms with Gasteiger partial charge in [0.15, 0.2) is 18.9 Å². The molecule has 0 saturated carbocycles. The second-order valence-corrected chi connectivity index (χ2v) is 27.1. The molecule has 3 heterocycles. The average Bonchev–Trinajstić information content (AvgIpc) is 0.781. The van der Waals surface area contributed by atoms with Crippen LogP contribution in [0.1, 0.15) is 239 Å². The third kappa shape index (κ3) is 41.5. The van der Waals surface area contributed by atoms with E-state index in [1.807, 2.05) is 6.08 Å². The van der Waals surface area contributed by atoms with E-state index >= 15 is 0 Å². The van der Waals surface area contributed by atoms with Crippen molar-refractivity contribution >= 4 is 5.91 Å². The molecule has 0 radical (unpaired) electrons. The lowest BCUT2D eigenvalue weighted by atomic mass is 9.96. The second-order valence-electron chi connectivity index (χ2n) is 27.1. The highest BCUT2D eigenvalue weighted by Gasteiger charge is 2.53. The highest BCUT2D eigenvalue weighted by Crippen LogP contribution is 2.33. The Morgan fingerprint density at radius 2 is 0.686 bits per heavy atom. The van der Waals surface area contributed by atoms with Crippen LogP contribution in [0.25, 0.3) is 0 Å². The van der Waals surface area contributed by atoms with Gasteiger partial charge in [0, 0.05) is 6.42 Å². The van der Waals surface area contributed by atoms with Gasteiger partial charge in [0.05, 0.1) is 38.6 Å².